The van der Waals surface area contributed by atoms with E-state index in [0.29, 0.717) is 12.5 Å². The molecule has 0 amide bonds. The Balaban J connectivity index is 0.00000450. The highest BCUT2D eigenvalue weighted by Gasteiger charge is 2.18. The lowest BCUT2D eigenvalue weighted by Gasteiger charge is -2.35. The van der Waals surface area contributed by atoms with Crippen LogP contribution < -0.4 is 14.8 Å². The zero-order valence-electron chi connectivity index (χ0n) is 19.5. The number of rotatable bonds is 9. The van der Waals surface area contributed by atoms with Gasteiger partial charge in [-0.2, -0.15) is 0 Å². The number of hydrogen-bond donors (Lipinski definition) is 1. The first-order valence-corrected chi connectivity index (χ1v) is 10.6. The van der Waals surface area contributed by atoms with E-state index in [0.717, 1.165) is 42.7 Å². The van der Waals surface area contributed by atoms with E-state index in [1.165, 1.54) is 26.2 Å². The molecule has 1 fully saturated rings. The van der Waals surface area contributed by atoms with Crippen LogP contribution in [0.3, 0.4) is 0 Å². The minimum absolute atomic E-state index is 0. The molecule has 1 N–H and O–H groups in total. The summed E-state index contributed by atoms with van der Waals surface area (Å²) >= 11 is 0. The zero-order chi connectivity index (χ0) is 21.2. The van der Waals surface area contributed by atoms with Gasteiger partial charge in [-0.1, -0.05) is 13.8 Å². The summed E-state index contributed by atoms with van der Waals surface area (Å²) in [6, 6.07) is 5.92. The molecule has 1 aliphatic rings. The summed E-state index contributed by atoms with van der Waals surface area (Å²) in [6.45, 7) is 13.2. The Hall–Kier alpha value is -1.26. The number of ether oxygens (including phenoxy) is 2. The van der Waals surface area contributed by atoms with Crippen molar-refractivity contribution in [1.29, 1.82) is 0 Å². The summed E-state index contributed by atoms with van der Waals surface area (Å²) in [6.07, 6.45) is 0. The van der Waals surface area contributed by atoms with Gasteiger partial charge in [0.2, 0.25) is 0 Å². The van der Waals surface area contributed by atoms with Gasteiger partial charge >= 0.3 is 0 Å². The largest absolute Gasteiger partial charge is 0.497 e. The molecule has 0 saturated carbocycles. The number of nitrogens with zero attached hydrogens (tertiary/aromatic N) is 4. The van der Waals surface area contributed by atoms with Crippen molar-refractivity contribution in [2.24, 2.45) is 10.9 Å². The molecule has 8 heteroatoms. The van der Waals surface area contributed by atoms with Crippen molar-refractivity contribution in [2.45, 2.75) is 20.4 Å². The summed E-state index contributed by atoms with van der Waals surface area (Å²) in [5.41, 5.74) is 1.10. The second-order valence-corrected chi connectivity index (χ2v) is 7.80. The molecule has 0 spiro atoms. The van der Waals surface area contributed by atoms with E-state index in [4.69, 9.17) is 9.47 Å². The first-order chi connectivity index (χ1) is 14.0. The first-order valence-electron chi connectivity index (χ1n) is 10.6. The van der Waals surface area contributed by atoms with Crippen molar-refractivity contribution in [2.75, 3.05) is 74.1 Å². The fourth-order valence-electron chi connectivity index (χ4n) is 3.76. The molecule has 0 aromatic heterocycles. The van der Waals surface area contributed by atoms with E-state index in [1.54, 1.807) is 14.2 Å². The van der Waals surface area contributed by atoms with Crippen LogP contribution in [-0.2, 0) is 6.54 Å². The van der Waals surface area contributed by atoms with Crippen molar-refractivity contribution in [3.63, 3.8) is 0 Å². The highest BCUT2D eigenvalue weighted by molar-refractivity contribution is 14.0. The Morgan fingerprint density at radius 1 is 1.17 bits per heavy atom. The third-order valence-electron chi connectivity index (χ3n) is 5.57. The van der Waals surface area contributed by atoms with Gasteiger partial charge in [0.1, 0.15) is 11.5 Å². The molecular weight excluding hydrogens is 493 g/mol. The van der Waals surface area contributed by atoms with Gasteiger partial charge in [0.25, 0.3) is 0 Å². The van der Waals surface area contributed by atoms with E-state index in [1.807, 2.05) is 32.3 Å². The minimum Gasteiger partial charge on any atom is -0.497 e. The first kappa shape index (κ1) is 26.8. The van der Waals surface area contributed by atoms with Crippen LogP contribution in [0.1, 0.15) is 19.4 Å². The molecule has 1 aliphatic heterocycles. The molecule has 30 heavy (non-hydrogen) atoms. The SMILES string of the molecule is CCN1CCN(CC(C)CNC(=NC)N(C)Cc2ccc(OC)cc2OC)CC1.I. The van der Waals surface area contributed by atoms with Crippen LogP contribution in [0.15, 0.2) is 23.2 Å². The van der Waals surface area contributed by atoms with Gasteiger partial charge in [-0.05, 0) is 24.6 Å². The van der Waals surface area contributed by atoms with Gasteiger partial charge < -0.3 is 29.5 Å². The zero-order valence-corrected chi connectivity index (χ0v) is 21.8. The highest BCUT2D eigenvalue weighted by Crippen LogP contribution is 2.25. The summed E-state index contributed by atoms with van der Waals surface area (Å²) in [7, 11) is 7.23. The number of nitrogens with one attached hydrogen (secondary N) is 1. The predicted molar refractivity (Wildman–Crippen MR) is 136 cm³/mol. The molecule has 1 unspecified atom stereocenters. The third-order valence-corrected chi connectivity index (χ3v) is 5.57. The van der Waals surface area contributed by atoms with Crippen LogP contribution in [0.2, 0.25) is 0 Å². The second-order valence-electron chi connectivity index (χ2n) is 7.80. The molecule has 1 aromatic carbocycles. The van der Waals surface area contributed by atoms with Gasteiger partial charge in [0.05, 0.1) is 14.2 Å². The van der Waals surface area contributed by atoms with Crippen molar-refractivity contribution in [3.05, 3.63) is 23.8 Å². The Morgan fingerprint density at radius 2 is 1.83 bits per heavy atom. The van der Waals surface area contributed by atoms with Crippen molar-refractivity contribution >= 4 is 29.9 Å². The number of guanidine groups is 1. The van der Waals surface area contributed by atoms with Crippen LogP contribution >= 0.6 is 24.0 Å². The van der Waals surface area contributed by atoms with Gasteiger partial charge in [-0.15, -0.1) is 24.0 Å². The van der Waals surface area contributed by atoms with Gasteiger partial charge in [0.15, 0.2) is 5.96 Å². The Morgan fingerprint density at radius 3 is 2.40 bits per heavy atom. The molecule has 1 aromatic rings. The summed E-state index contributed by atoms with van der Waals surface area (Å²) < 4.78 is 10.8. The van der Waals surface area contributed by atoms with Crippen molar-refractivity contribution in [1.82, 2.24) is 20.0 Å². The van der Waals surface area contributed by atoms with Gasteiger partial charge in [0, 0.05) is 71.5 Å². The monoisotopic (exact) mass is 533 g/mol. The predicted octanol–water partition coefficient (Wildman–Crippen LogP) is 2.60. The molecule has 2 rings (SSSR count). The maximum absolute atomic E-state index is 5.52. The average Bonchev–Trinajstić information content (AvgIpc) is 2.75. The number of hydrogen-bond acceptors (Lipinski definition) is 5. The average molecular weight is 533 g/mol. The van der Waals surface area contributed by atoms with E-state index in [9.17, 15) is 0 Å². The minimum atomic E-state index is 0. The number of methoxy groups -OCH3 is 2. The van der Waals surface area contributed by atoms with Gasteiger partial charge in [-0.25, -0.2) is 0 Å². The van der Waals surface area contributed by atoms with Crippen molar-refractivity contribution in [3.8, 4) is 11.5 Å². The van der Waals surface area contributed by atoms with Crippen LogP contribution in [0.4, 0.5) is 0 Å². The lowest BCUT2D eigenvalue weighted by Crippen LogP contribution is -2.48. The molecule has 1 saturated heterocycles. The van der Waals surface area contributed by atoms with Crippen molar-refractivity contribution < 1.29 is 9.47 Å². The second kappa shape index (κ2) is 13.9. The topological polar surface area (TPSA) is 52.6 Å². The molecule has 0 radical (unpaired) electrons. The smallest absolute Gasteiger partial charge is 0.193 e. The lowest BCUT2D eigenvalue weighted by molar-refractivity contribution is 0.124. The Kier molecular flexibility index (Phi) is 12.4. The standard InChI is InChI=1S/C22H39N5O2.HI/c1-7-26-10-12-27(13-11-26)16-18(2)15-24-22(23-3)25(4)17-19-8-9-20(28-5)14-21(19)29-6;/h8-9,14,18H,7,10-13,15-17H2,1-6H3,(H,23,24);1H. The molecule has 1 atom stereocenters. The Bertz CT molecular complexity index is 650. The number of likely N-dealkylation sites (N-methyl/N-ethyl adjacent to an activating group) is 1. The molecule has 0 bridgehead atoms. The van der Waals surface area contributed by atoms with Crippen LogP contribution in [0, 0.1) is 5.92 Å². The number of piperazine rings is 1. The summed E-state index contributed by atoms with van der Waals surface area (Å²) in [5, 5.41) is 3.53. The molecular formula is C22H40IN5O2. The molecule has 7 nitrogen and oxygen atoms in total. The number of halogens is 1. The molecule has 1 heterocycles. The van der Waals surface area contributed by atoms with E-state index >= 15 is 0 Å². The quantitative estimate of drug-likeness (QED) is 0.299. The van der Waals surface area contributed by atoms with E-state index in [-0.39, 0.29) is 24.0 Å². The van der Waals surface area contributed by atoms with E-state index < -0.39 is 0 Å². The maximum atomic E-state index is 5.52. The summed E-state index contributed by atoms with van der Waals surface area (Å²) in [5.74, 6) is 3.07. The number of benzene rings is 1. The van der Waals surface area contributed by atoms with Crippen LogP contribution in [-0.4, -0.2) is 94.8 Å². The molecule has 172 valence electrons. The van der Waals surface area contributed by atoms with Gasteiger partial charge in [-0.3, -0.25) is 4.99 Å². The van der Waals surface area contributed by atoms with E-state index in [2.05, 4.69) is 38.9 Å². The highest BCUT2D eigenvalue weighted by atomic mass is 127. The maximum Gasteiger partial charge on any atom is 0.193 e. The fourth-order valence-corrected chi connectivity index (χ4v) is 3.76. The molecule has 0 aliphatic carbocycles. The van der Waals surface area contributed by atoms with Crippen LogP contribution in [0.5, 0.6) is 11.5 Å². The number of aliphatic imine (C=N–C) groups is 1. The fraction of sp³-hybridized carbons (Fsp3) is 0.682. The Labute approximate surface area is 199 Å². The summed E-state index contributed by atoms with van der Waals surface area (Å²) in [4.78, 5) is 11.7. The normalized spacial score (nSPS) is 16.5. The van der Waals surface area contributed by atoms with Crippen LogP contribution in [0.25, 0.3) is 0 Å². The third kappa shape index (κ3) is 8.11. The lowest BCUT2D eigenvalue weighted by atomic mass is 10.1.